The van der Waals surface area contributed by atoms with Gasteiger partial charge in [-0.3, -0.25) is 0 Å². The highest BCUT2D eigenvalue weighted by Gasteiger charge is 2.10. The first-order chi connectivity index (χ1) is 10.6. The number of nitrogens with two attached hydrogens (primary N) is 1. The molecular formula is C14H12Cl2N3O3+. The minimum Gasteiger partial charge on any atom is -0.480 e. The van der Waals surface area contributed by atoms with E-state index in [1.54, 1.807) is 36.5 Å². The van der Waals surface area contributed by atoms with Crippen LogP contribution in [0.15, 0.2) is 47.8 Å². The Morgan fingerprint density at radius 2 is 2.09 bits per heavy atom. The Morgan fingerprint density at radius 3 is 2.77 bits per heavy atom. The molecule has 1 heterocycles. The van der Waals surface area contributed by atoms with Gasteiger partial charge in [0.2, 0.25) is 11.5 Å². The van der Waals surface area contributed by atoms with Crippen molar-refractivity contribution in [2.24, 2.45) is 10.9 Å². The number of aromatic nitrogens is 1. The van der Waals surface area contributed by atoms with Crippen LogP contribution in [0.1, 0.15) is 5.69 Å². The number of benzene rings is 1. The van der Waals surface area contributed by atoms with E-state index in [1.165, 1.54) is 6.07 Å². The van der Waals surface area contributed by atoms with Crippen LogP contribution in [0.2, 0.25) is 10.0 Å². The van der Waals surface area contributed by atoms with Crippen LogP contribution in [0.25, 0.3) is 0 Å². The topological polar surface area (TPSA) is 88.1 Å². The van der Waals surface area contributed by atoms with Gasteiger partial charge in [0.25, 0.3) is 0 Å². The fourth-order valence-corrected chi connectivity index (χ4v) is 1.92. The van der Waals surface area contributed by atoms with Crippen LogP contribution in [0.4, 0.5) is 0 Å². The van der Waals surface area contributed by atoms with Gasteiger partial charge in [-0.15, -0.1) is 0 Å². The summed E-state index contributed by atoms with van der Waals surface area (Å²) in [5, 5.41) is 4.29. The molecule has 0 aliphatic carbocycles. The predicted octanol–water partition coefficient (Wildman–Crippen LogP) is 2.05. The number of carbonyl (C=O) groups is 1. The first kappa shape index (κ1) is 16.1. The smallest absolute Gasteiger partial charge is 0.372 e. The molecule has 0 amide bonds. The molecule has 3 N–H and O–H groups in total. The Balaban J connectivity index is 1.88. The van der Waals surface area contributed by atoms with Crippen molar-refractivity contribution in [2.75, 3.05) is 6.61 Å². The fourth-order valence-electron chi connectivity index (χ4n) is 1.46. The van der Waals surface area contributed by atoms with Crippen LogP contribution in [0.3, 0.4) is 0 Å². The zero-order valence-corrected chi connectivity index (χ0v) is 12.8. The highest BCUT2D eigenvalue weighted by atomic mass is 35.5. The van der Waals surface area contributed by atoms with E-state index in [0.29, 0.717) is 21.5 Å². The van der Waals surface area contributed by atoms with Gasteiger partial charge in [-0.1, -0.05) is 28.4 Å². The minimum atomic E-state index is -0.718. The highest BCUT2D eigenvalue weighted by Crippen LogP contribution is 2.27. The van der Waals surface area contributed by atoms with Gasteiger partial charge in [0, 0.05) is 17.2 Å². The fraction of sp³-hybridized carbons (Fsp3) is 0.0714. The number of carbonyl (C=O) groups excluding carboxylic acids is 1. The van der Waals surface area contributed by atoms with Crippen molar-refractivity contribution in [1.82, 2.24) is 0 Å². The SMILES string of the molecule is NC(=NOC(=O)COc1ccc(Cl)cc1Cl)c1cccc[nH+]1. The van der Waals surface area contributed by atoms with Crippen molar-refractivity contribution in [3.63, 3.8) is 0 Å². The summed E-state index contributed by atoms with van der Waals surface area (Å²) in [7, 11) is 0. The third-order valence-electron chi connectivity index (χ3n) is 2.47. The van der Waals surface area contributed by atoms with E-state index in [4.69, 9.17) is 33.7 Å². The largest absolute Gasteiger partial charge is 0.480 e. The lowest BCUT2D eigenvalue weighted by Crippen LogP contribution is -2.25. The number of nitrogens with zero attached hydrogens (tertiary/aromatic N) is 1. The average Bonchev–Trinajstić information content (AvgIpc) is 2.52. The molecule has 0 aliphatic rings. The molecule has 114 valence electrons. The third-order valence-corrected chi connectivity index (χ3v) is 3.00. The summed E-state index contributed by atoms with van der Waals surface area (Å²) < 4.78 is 5.21. The molecule has 2 aromatic rings. The maximum Gasteiger partial charge on any atom is 0.372 e. The van der Waals surface area contributed by atoms with E-state index in [2.05, 4.69) is 15.0 Å². The quantitative estimate of drug-likeness (QED) is 0.390. The van der Waals surface area contributed by atoms with Crippen molar-refractivity contribution >= 4 is 35.0 Å². The van der Waals surface area contributed by atoms with Crippen LogP contribution in [0.5, 0.6) is 5.75 Å². The van der Waals surface area contributed by atoms with Crippen LogP contribution in [-0.4, -0.2) is 18.4 Å². The Kier molecular flexibility index (Phi) is 5.57. The maximum absolute atomic E-state index is 11.5. The molecule has 0 radical (unpaired) electrons. The van der Waals surface area contributed by atoms with Gasteiger partial charge in [-0.2, -0.15) is 0 Å². The van der Waals surface area contributed by atoms with Crippen LogP contribution in [0, 0.1) is 0 Å². The lowest BCUT2D eigenvalue weighted by molar-refractivity contribution is -0.380. The Labute approximate surface area is 136 Å². The summed E-state index contributed by atoms with van der Waals surface area (Å²) in [6, 6.07) is 9.89. The van der Waals surface area contributed by atoms with Gasteiger partial charge < -0.3 is 15.3 Å². The molecule has 0 fully saturated rings. The molecule has 6 nitrogen and oxygen atoms in total. The molecule has 0 bridgehead atoms. The Hall–Kier alpha value is -2.31. The molecule has 0 spiro atoms. The van der Waals surface area contributed by atoms with Crippen molar-refractivity contribution in [3.05, 3.63) is 58.3 Å². The maximum atomic E-state index is 11.5. The zero-order chi connectivity index (χ0) is 15.9. The van der Waals surface area contributed by atoms with Gasteiger partial charge >= 0.3 is 5.97 Å². The normalized spacial score (nSPS) is 11.1. The molecule has 1 aromatic carbocycles. The molecule has 0 unspecified atom stereocenters. The second-order valence-corrected chi connectivity index (χ2v) is 4.92. The average molecular weight is 341 g/mol. The molecule has 0 saturated heterocycles. The van der Waals surface area contributed by atoms with Crippen molar-refractivity contribution < 1.29 is 19.4 Å². The lowest BCUT2D eigenvalue weighted by atomic mass is 10.3. The zero-order valence-electron chi connectivity index (χ0n) is 11.3. The van der Waals surface area contributed by atoms with Crippen LogP contribution >= 0.6 is 23.2 Å². The number of hydrogen-bond donors (Lipinski definition) is 1. The lowest BCUT2D eigenvalue weighted by Gasteiger charge is -2.06. The number of ether oxygens (including phenoxy) is 1. The molecule has 1 aromatic heterocycles. The highest BCUT2D eigenvalue weighted by molar-refractivity contribution is 6.35. The number of nitrogens with one attached hydrogen (secondary N) is 1. The molecular weight excluding hydrogens is 329 g/mol. The van der Waals surface area contributed by atoms with Gasteiger partial charge in [-0.25, -0.2) is 9.78 Å². The number of hydrogen-bond acceptors (Lipinski definition) is 4. The number of halogens is 2. The number of amidine groups is 1. The standard InChI is InChI=1S/C14H11Cl2N3O3/c15-9-4-5-12(10(16)7-9)21-8-13(20)22-19-14(17)11-3-1-2-6-18-11/h1-7H,8H2,(H2,17,19)/p+1. The molecule has 0 saturated carbocycles. The molecule has 0 atom stereocenters. The summed E-state index contributed by atoms with van der Waals surface area (Å²) in [6.45, 7) is -0.364. The molecule has 2 rings (SSSR count). The van der Waals surface area contributed by atoms with E-state index in [1.807, 2.05) is 0 Å². The van der Waals surface area contributed by atoms with Crippen molar-refractivity contribution in [3.8, 4) is 5.75 Å². The number of aromatic amines is 1. The van der Waals surface area contributed by atoms with E-state index in [9.17, 15) is 4.79 Å². The molecule has 22 heavy (non-hydrogen) atoms. The van der Waals surface area contributed by atoms with Gasteiger partial charge in [0.15, 0.2) is 12.8 Å². The monoisotopic (exact) mass is 340 g/mol. The summed E-state index contributed by atoms with van der Waals surface area (Å²) in [4.78, 5) is 19.0. The Bertz CT molecular complexity index is 693. The van der Waals surface area contributed by atoms with Crippen LogP contribution < -0.4 is 15.5 Å². The van der Waals surface area contributed by atoms with Crippen LogP contribution in [-0.2, 0) is 9.63 Å². The van der Waals surface area contributed by atoms with Crippen molar-refractivity contribution in [2.45, 2.75) is 0 Å². The summed E-state index contributed by atoms with van der Waals surface area (Å²) >= 11 is 11.7. The number of oxime groups is 1. The summed E-state index contributed by atoms with van der Waals surface area (Å²) in [6.07, 6.45) is 1.67. The predicted molar refractivity (Wildman–Crippen MR) is 81.8 cm³/mol. The summed E-state index contributed by atoms with van der Waals surface area (Å²) in [5.74, 6) is -0.361. The van der Waals surface area contributed by atoms with Crippen molar-refractivity contribution in [1.29, 1.82) is 0 Å². The van der Waals surface area contributed by atoms with E-state index >= 15 is 0 Å². The number of pyridine rings is 1. The first-order valence-electron chi connectivity index (χ1n) is 6.14. The number of H-pyrrole nitrogens is 1. The minimum absolute atomic E-state index is 0.0403. The van der Waals surface area contributed by atoms with E-state index in [-0.39, 0.29) is 12.4 Å². The molecule has 8 heteroatoms. The third kappa shape index (κ3) is 4.61. The first-order valence-corrected chi connectivity index (χ1v) is 6.90. The second-order valence-electron chi connectivity index (χ2n) is 4.08. The van der Waals surface area contributed by atoms with E-state index in [0.717, 1.165) is 0 Å². The Morgan fingerprint density at radius 1 is 1.27 bits per heavy atom. The van der Waals surface area contributed by atoms with Gasteiger partial charge in [-0.05, 0) is 24.3 Å². The number of rotatable bonds is 5. The van der Waals surface area contributed by atoms with E-state index < -0.39 is 5.97 Å². The summed E-state index contributed by atoms with van der Waals surface area (Å²) in [5.41, 5.74) is 6.18. The van der Waals surface area contributed by atoms with Gasteiger partial charge in [0.05, 0.1) is 5.02 Å². The van der Waals surface area contributed by atoms with Gasteiger partial charge in [0.1, 0.15) is 5.75 Å². The second kappa shape index (κ2) is 7.63. The molecule has 0 aliphatic heterocycles.